The molecule has 3 N–H and O–H groups in total. The van der Waals surface area contributed by atoms with Gasteiger partial charge in [-0.05, 0) is 37.0 Å². The van der Waals surface area contributed by atoms with Crippen LogP contribution in [0.1, 0.15) is 32.8 Å². The molecule has 0 saturated carbocycles. The maximum atomic E-state index is 11.7. The molecule has 1 amide bonds. The van der Waals surface area contributed by atoms with Gasteiger partial charge in [0.2, 0.25) is 5.91 Å². The molecule has 0 aliphatic rings. The first-order valence-corrected chi connectivity index (χ1v) is 7.21. The van der Waals surface area contributed by atoms with Crippen LogP contribution < -0.4 is 15.8 Å². The van der Waals surface area contributed by atoms with Gasteiger partial charge in [0.05, 0.1) is 13.0 Å². The zero-order valence-corrected chi connectivity index (χ0v) is 12.7. The minimum Gasteiger partial charge on any atom is -0.493 e. The van der Waals surface area contributed by atoms with Crippen molar-refractivity contribution in [1.29, 1.82) is 0 Å². The van der Waals surface area contributed by atoms with Gasteiger partial charge in [0.15, 0.2) is 0 Å². The summed E-state index contributed by atoms with van der Waals surface area (Å²) in [6.07, 6.45) is 1.19. The third-order valence-corrected chi connectivity index (χ3v) is 2.79. The van der Waals surface area contributed by atoms with Crippen LogP contribution in [0, 0.1) is 5.92 Å². The average molecular weight is 278 g/mol. The minimum atomic E-state index is 0.0292. The van der Waals surface area contributed by atoms with Gasteiger partial charge < -0.3 is 15.8 Å². The second-order valence-corrected chi connectivity index (χ2v) is 5.64. The molecule has 1 rings (SSSR count). The quantitative estimate of drug-likeness (QED) is 0.765. The van der Waals surface area contributed by atoms with Crippen molar-refractivity contribution in [2.75, 3.05) is 13.2 Å². The molecular weight excluding hydrogens is 252 g/mol. The first-order valence-electron chi connectivity index (χ1n) is 7.21. The van der Waals surface area contributed by atoms with Crippen LogP contribution in [0.4, 0.5) is 0 Å². The Morgan fingerprint density at radius 2 is 1.90 bits per heavy atom. The number of nitrogens with one attached hydrogen (secondary N) is 1. The predicted octanol–water partition coefficient (Wildman–Crippen LogP) is 2.12. The molecule has 0 saturated heterocycles. The Morgan fingerprint density at radius 3 is 2.45 bits per heavy atom. The van der Waals surface area contributed by atoms with Crippen molar-refractivity contribution in [2.24, 2.45) is 11.7 Å². The molecule has 4 nitrogen and oxygen atoms in total. The molecule has 0 bridgehead atoms. The summed E-state index contributed by atoms with van der Waals surface area (Å²) in [5.74, 6) is 1.38. The highest BCUT2D eigenvalue weighted by Gasteiger charge is 2.04. The fourth-order valence-corrected chi connectivity index (χ4v) is 1.65. The van der Waals surface area contributed by atoms with E-state index in [0.29, 0.717) is 25.5 Å². The molecule has 20 heavy (non-hydrogen) atoms. The lowest BCUT2D eigenvalue weighted by Crippen LogP contribution is -2.29. The van der Waals surface area contributed by atoms with E-state index in [1.807, 2.05) is 31.2 Å². The monoisotopic (exact) mass is 278 g/mol. The fourth-order valence-electron chi connectivity index (χ4n) is 1.65. The lowest BCUT2D eigenvalue weighted by Gasteiger charge is -2.10. The van der Waals surface area contributed by atoms with Gasteiger partial charge >= 0.3 is 0 Å². The summed E-state index contributed by atoms with van der Waals surface area (Å²) in [5.41, 5.74) is 6.62. The molecule has 0 spiro atoms. The van der Waals surface area contributed by atoms with Crippen LogP contribution in [-0.4, -0.2) is 25.1 Å². The number of nitrogens with two attached hydrogens (primary N) is 1. The van der Waals surface area contributed by atoms with Gasteiger partial charge in [-0.15, -0.1) is 0 Å². The van der Waals surface area contributed by atoms with Crippen molar-refractivity contribution in [2.45, 2.75) is 39.7 Å². The van der Waals surface area contributed by atoms with Crippen molar-refractivity contribution in [1.82, 2.24) is 5.32 Å². The van der Waals surface area contributed by atoms with E-state index in [-0.39, 0.29) is 11.9 Å². The standard InChI is InChI=1S/C16H26N2O2/c1-12(2)11-20-15-6-4-14(5-7-15)10-16(19)18-9-8-13(3)17/h4-7,12-13H,8-11,17H2,1-3H3,(H,18,19). The van der Waals surface area contributed by atoms with E-state index in [2.05, 4.69) is 19.2 Å². The zero-order valence-electron chi connectivity index (χ0n) is 12.7. The lowest BCUT2D eigenvalue weighted by atomic mass is 10.1. The Bertz CT molecular complexity index is 399. The van der Waals surface area contributed by atoms with Gasteiger partial charge in [-0.25, -0.2) is 0 Å². The van der Waals surface area contributed by atoms with Gasteiger partial charge in [0, 0.05) is 12.6 Å². The summed E-state index contributed by atoms with van der Waals surface area (Å²) < 4.78 is 5.60. The number of carbonyl (C=O) groups excluding carboxylic acids is 1. The van der Waals surface area contributed by atoms with Crippen LogP contribution >= 0.6 is 0 Å². The molecule has 0 fully saturated rings. The number of amides is 1. The van der Waals surface area contributed by atoms with Crippen molar-refractivity contribution >= 4 is 5.91 Å². The molecule has 0 aliphatic heterocycles. The second-order valence-electron chi connectivity index (χ2n) is 5.64. The molecule has 1 aromatic rings. The fraction of sp³-hybridized carbons (Fsp3) is 0.562. The van der Waals surface area contributed by atoms with E-state index in [4.69, 9.17) is 10.5 Å². The van der Waals surface area contributed by atoms with E-state index in [0.717, 1.165) is 17.7 Å². The summed E-state index contributed by atoms with van der Waals surface area (Å²) in [7, 11) is 0. The third kappa shape index (κ3) is 7.14. The van der Waals surface area contributed by atoms with E-state index in [1.165, 1.54) is 0 Å². The lowest BCUT2D eigenvalue weighted by molar-refractivity contribution is -0.120. The molecule has 1 unspecified atom stereocenters. The summed E-state index contributed by atoms with van der Waals surface area (Å²) in [4.78, 5) is 11.7. The number of carbonyl (C=O) groups is 1. The first-order chi connectivity index (χ1) is 9.47. The van der Waals surface area contributed by atoms with E-state index in [9.17, 15) is 4.79 Å². The van der Waals surface area contributed by atoms with Crippen molar-refractivity contribution < 1.29 is 9.53 Å². The smallest absolute Gasteiger partial charge is 0.224 e. The Kier molecular flexibility index (Phi) is 7.09. The van der Waals surface area contributed by atoms with Crippen LogP contribution in [0.25, 0.3) is 0 Å². The highest BCUT2D eigenvalue weighted by molar-refractivity contribution is 5.78. The Hall–Kier alpha value is -1.55. The topological polar surface area (TPSA) is 64.3 Å². The Labute approximate surface area is 121 Å². The maximum Gasteiger partial charge on any atom is 0.224 e. The van der Waals surface area contributed by atoms with Gasteiger partial charge in [0.1, 0.15) is 5.75 Å². The van der Waals surface area contributed by atoms with Gasteiger partial charge in [-0.1, -0.05) is 26.0 Å². The van der Waals surface area contributed by atoms with E-state index < -0.39 is 0 Å². The van der Waals surface area contributed by atoms with Gasteiger partial charge in [0.25, 0.3) is 0 Å². The highest BCUT2D eigenvalue weighted by Crippen LogP contribution is 2.13. The van der Waals surface area contributed by atoms with Crippen LogP contribution in [0.5, 0.6) is 5.75 Å². The van der Waals surface area contributed by atoms with Crippen LogP contribution in [0.15, 0.2) is 24.3 Å². The second kappa shape index (κ2) is 8.59. The number of benzene rings is 1. The molecule has 0 aromatic heterocycles. The van der Waals surface area contributed by atoms with Crippen molar-refractivity contribution in [3.8, 4) is 5.75 Å². The maximum absolute atomic E-state index is 11.7. The molecule has 1 aromatic carbocycles. The van der Waals surface area contributed by atoms with Gasteiger partial charge in [-0.3, -0.25) is 4.79 Å². The van der Waals surface area contributed by atoms with Gasteiger partial charge in [-0.2, -0.15) is 0 Å². The Balaban J connectivity index is 2.35. The molecule has 112 valence electrons. The number of hydrogen-bond acceptors (Lipinski definition) is 3. The van der Waals surface area contributed by atoms with Crippen LogP contribution in [0.2, 0.25) is 0 Å². The highest BCUT2D eigenvalue weighted by atomic mass is 16.5. The molecule has 0 heterocycles. The molecule has 1 atom stereocenters. The molecular formula is C16H26N2O2. The SMILES string of the molecule is CC(C)COc1ccc(CC(=O)NCCC(C)N)cc1. The average Bonchev–Trinajstić information content (AvgIpc) is 2.37. The van der Waals surface area contributed by atoms with Crippen molar-refractivity contribution in [3.63, 3.8) is 0 Å². The first kappa shape index (κ1) is 16.5. The number of ether oxygens (including phenoxy) is 1. The molecule has 0 radical (unpaired) electrons. The summed E-state index contributed by atoms with van der Waals surface area (Å²) in [6, 6.07) is 7.80. The molecule has 0 aliphatic carbocycles. The zero-order chi connectivity index (χ0) is 15.0. The Morgan fingerprint density at radius 1 is 1.25 bits per heavy atom. The van der Waals surface area contributed by atoms with Crippen LogP contribution in [0.3, 0.4) is 0 Å². The minimum absolute atomic E-state index is 0.0292. The summed E-state index contributed by atoms with van der Waals surface area (Å²) in [6.45, 7) is 7.49. The van der Waals surface area contributed by atoms with Crippen LogP contribution in [-0.2, 0) is 11.2 Å². The summed E-state index contributed by atoms with van der Waals surface area (Å²) >= 11 is 0. The van der Waals surface area contributed by atoms with E-state index in [1.54, 1.807) is 0 Å². The predicted molar refractivity (Wildman–Crippen MR) is 81.8 cm³/mol. The molecule has 4 heteroatoms. The normalized spacial score (nSPS) is 12.2. The third-order valence-electron chi connectivity index (χ3n) is 2.79. The van der Waals surface area contributed by atoms with E-state index >= 15 is 0 Å². The largest absolute Gasteiger partial charge is 0.493 e. The number of rotatable bonds is 8. The number of hydrogen-bond donors (Lipinski definition) is 2. The van der Waals surface area contributed by atoms with Crippen molar-refractivity contribution in [3.05, 3.63) is 29.8 Å². The summed E-state index contributed by atoms with van der Waals surface area (Å²) in [5, 5.41) is 2.87.